The van der Waals surface area contributed by atoms with Crippen molar-refractivity contribution >= 4 is 130 Å². The van der Waals surface area contributed by atoms with E-state index >= 15 is 0 Å². The molecule has 0 saturated carbocycles. The fourth-order valence-corrected chi connectivity index (χ4v) is 14.0. The highest BCUT2D eigenvalue weighted by atomic mass is 32.2. The third kappa shape index (κ3) is 6.86. The van der Waals surface area contributed by atoms with Crippen molar-refractivity contribution < 1.29 is 14.6 Å². The Morgan fingerprint density at radius 2 is 0.965 bits per heavy atom. The number of thiophene rings is 3. The van der Waals surface area contributed by atoms with E-state index in [0.29, 0.717) is 17.2 Å². The van der Waals surface area contributed by atoms with Crippen LogP contribution in [0.1, 0.15) is 0 Å². The molecule has 0 fully saturated rings. The van der Waals surface area contributed by atoms with Gasteiger partial charge in [-0.3, -0.25) is 5.32 Å². The smallest absolute Gasteiger partial charge is 0.411 e. The summed E-state index contributed by atoms with van der Waals surface area (Å²) in [6.45, 7) is -0.0935. The molecule has 3 aromatic heterocycles. The van der Waals surface area contributed by atoms with E-state index < -0.39 is 11.5 Å². The van der Waals surface area contributed by atoms with Gasteiger partial charge in [0.05, 0.1) is 12.3 Å². The SMILES string of the molecule is O=C(Nc1ccccc1-c1cccc2c1sc1ccccc12)OCC(CO)(CSc1cccc2c1sc1ccccc12)CSc1cccc2c1sc1ccccc12. The quantitative estimate of drug-likeness (QED) is 0.127. The van der Waals surface area contributed by atoms with Crippen molar-refractivity contribution in [3.8, 4) is 11.1 Å². The van der Waals surface area contributed by atoms with Crippen LogP contribution in [0.4, 0.5) is 10.5 Å². The van der Waals surface area contributed by atoms with Gasteiger partial charge in [0.1, 0.15) is 6.61 Å². The molecule has 3 heterocycles. The Balaban J connectivity index is 0.943. The molecular formula is C48H35NO3S5. The first-order valence-corrected chi connectivity index (χ1v) is 23.1. The number of hydrogen-bond acceptors (Lipinski definition) is 8. The van der Waals surface area contributed by atoms with Gasteiger partial charge in [-0.1, -0.05) is 115 Å². The van der Waals surface area contributed by atoms with Crippen LogP contribution in [-0.4, -0.2) is 35.9 Å². The lowest BCUT2D eigenvalue weighted by Crippen LogP contribution is -2.38. The van der Waals surface area contributed by atoms with Crippen LogP contribution < -0.4 is 5.32 Å². The van der Waals surface area contributed by atoms with Crippen LogP contribution in [0, 0.1) is 5.41 Å². The number of nitrogens with one attached hydrogen (secondary N) is 1. The van der Waals surface area contributed by atoms with Gasteiger partial charge < -0.3 is 9.84 Å². The number of hydrogen-bond donors (Lipinski definition) is 2. The first kappa shape index (κ1) is 36.5. The van der Waals surface area contributed by atoms with Gasteiger partial charge in [0.25, 0.3) is 0 Å². The maximum absolute atomic E-state index is 13.8. The average Bonchev–Trinajstić information content (AvgIpc) is 3.96. The van der Waals surface area contributed by atoms with Crippen LogP contribution in [0.25, 0.3) is 71.6 Å². The molecule has 1 amide bonds. The molecule has 57 heavy (non-hydrogen) atoms. The Labute approximate surface area is 350 Å². The van der Waals surface area contributed by atoms with E-state index in [1.54, 1.807) is 57.5 Å². The van der Waals surface area contributed by atoms with Crippen molar-refractivity contribution in [3.63, 3.8) is 0 Å². The Kier molecular flexibility index (Phi) is 9.90. The van der Waals surface area contributed by atoms with E-state index in [1.165, 1.54) is 60.5 Å². The maximum atomic E-state index is 13.8. The van der Waals surface area contributed by atoms with E-state index in [2.05, 4.69) is 133 Å². The number of anilines is 1. The Bertz CT molecular complexity index is 2990. The number of benzene rings is 7. The highest BCUT2D eigenvalue weighted by molar-refractivity contribution is 8.00. The summed E-state index contributed by atoms with van der Waals surface area (Å²) in [7, 11) is 0. The van der Waals surface area contributed by atoms with Crippen LogP contribution in [0.15, 0.2) is 161 Å². The molecule has 2 N–H and O–H groups in total. The van der Waals surface area contributed by atoms with Crippen LogP contribution in [0.5, 0.6) is 0 Å². The van der Waals surface area contributed by atoms with E-state index in [4.69, 9.17) is 4.74 Å². The predicted octanol–water partition coefficient (Wildman–Crippen LogP) is 14.6. The van der Waals surface area contributed by atoms with Gasteiger partial charge in [-0.25, -0.2) is 4.79 Å². The molecule has 10 rings (SSSR count). The normalized spacial score (nSPS) is 12.1. The maximum Gasteiger partial charge on any atom is 0.411 e. The third-order valence-corrected chi connectivity index (χ3v) is 17.2. The summed E-state index contributed by atoms with van der Waals surface area (Å²) in [5.41, 5.74) is 1.93. The van der Waals surface area contributed by atoms with Crippen molar-refractivity contribution in [1.82, 2.24) is 0 Å². The molecule has 0 radical (unpaired) electrons. The Morgan fingerprint density at radius 3 is 1.53 bits per heavy atom. The van der Waals surface area contributed by atoms with Gasteiger partial charge >= 0.3 is 6.09 Å². The molecule has 4 nitrogen and oxygen atoms in total. The van der Waals surface area contributed by atoms with E-state index in [9.17, 15) is 9.90 Å². The van der Waals surface area contributed by atoms with E-state index in [0.717, 1.165) is 20.9 Å². The first-order valence-electron chi connectivity index (χ1n) is 18.7. The number of aliphatic hydroxyl groups excluding tert-OH is 1. The Hall–Kier alpha value is -4.87. The van der Waals surface area contributed by atoms with Crippen LogP contribution in [0.2, 0.25) is 0 Å². The first-order chi connectivity index (χ1) is 28.1. The van der Waals surface area contributed by atoms with Crippen LogP contribution in [-0.2, 0) is 4.74 Å². The van der Waals surface area contributed by atoms with Crippen LogP contribution >= 0.6 is 57.5 Å². The summed E-state index contributed by atoms with van der Waals surface area (Å²) in [5, 5.41) is 21.8. The molecule has 10 aromatic rings. The fourth-order valence-electron chi connectivity index (χ4n) is 7.54. The lowest BCUT2D eigenvalue weighted by atomic mass is 9.96. The lowest BCUT2D eigenvalue weighted by molar-refractivity contribution is 0.0736. The summed E-state index contributed by atoms with van der Waals surface area (Å²) in [6, 6.07) is 52.7. The second kappa shape index (κ2) is 15.5. The van der Waals surface area contributed by atoms with Crippen molar-refractivity contribution in [3.05, 3.63) is 152 Å². The molecule has 0 bridgehead atoms. The minimum Gasteiger partial charge on any atom is -0.449 e. The number of para-hydroxylation sites is 1. The molecular weight excluding hydrogens is 799 g/mol. The molecule has 0 saturated heterocycles. The molecule has 0 aliphatic heterocycles. The van der Waals surface area contributed by atoms with Gasteiger partial charge in [-0.2, -0.15) is 0 Å². The largest absolute Gasteiger partial charge is 0.449 e. The van der Waals surface area contributed by atoms with Gasteiger partial charge in [0.15, 0.2) is 0 Å². The molecule has 9 heteroatoms. The number of aliphatic hydroxyl groups is 1. The summed E-state index contributed by atoms with van der Waals surface area (Å²) in [4.78, 5) is 16.2. The minimum atomic E-state index is -0.743. The molecule has 280 valence electrons. The van der Waals surface area contributed by atoms with Gasteiger partial charge in [0.2, 0.25) is 0 Å². The number of amides is 1. The number of rotatable bonds is 11. The number of thioether (sulfide) groups is 2. The number of carbonyl (C=O) groups is 1. The fraction of sp³-hybridized carbons (Fsp3) is 0.104. The molecule has 0 aliphatic rings. The van der Waals surface area contributed by atoms with Crippen molar-refractivity contribution in [2.75, 3.05) is 30.0 Å². The second-order valence-electron chi connectivity index (χ2n) is 14.2. The highest BCUT2D eigenvalue weighted by Crippen LogP contribution is 2.45. The number of ether oxygens (including phenoxy) is 1. The monoisotopic (exact) mass is 833 g/mol. The molecule has 0 spiro atoms. The van der Waals surface area contributed by atoms with E-state index in [1.807, 2.05) is 24.3 Å². The third-order valence-electron chi connectivity index (χ3n) is 10.5. The Morgan fingerprint density at radius 1 is 0.526 bits per heavy atom. The van der Waals surface area contributed by atoms with Crippen LogP contribution in [0.3, 0.4) is 0 Å². The molecule has 0 unspecified atom stereocenters. The zero-order valence-corrected chi connectivity index (χ0v) is 34.6. The van der Waals surface area contributed by atoms with Crippen molar-refractivity contribution in [2.45, 2.75) is 9.79 Å². The lowest BCUT2D eigenvalue weighted by Gasteiger charge is -2.31. The zero-order valence-electron chi connectivity index (χ0n) is 30.6. The van der Waals surface area contributed by atoms with Crippen molar-refractivity contribution in [2.24, 2.45) is 5.41 Å². The number of carbonyl (C=O) groups excluding carboxylic acids is 1. The van der Waals surface area contributed by atoms with Gasteiger partial charge in [-0.15, -0.1) is 57.5 Å². The summed E-state index contributed by atoms with van der Waals surface area (Å²) < 4.78 is 13.5. The standard InChI is InChI=1S/C48H35NO3S5/c50-26-48(28-53-42-24-10-18-36-32-14-3-7-22-40(32)56-45(36)42,29-54-43-25-11-19-37-33-15-4-8-23-41(33)57-46(37)43)27-52-47(51)49-38-20-5-1-12-30(38)34-16-9-17-35-31-13-2-6-21-39(31)55-44(34)35/h1-25,50H,26-29H2,(H,49,51). The van der Waals surface area contributed by atoms with E-state index in [-0.39, 0.29) is 13.2 Å². The molecule has 0 atom stereocenters. The molecule has 7 aromatic carbocycles. The van der Waals surface area contributed by atoms with Crippen molar-refractivity contribution in [1.29, 1.82) is 0 Å². The predicted molar refractivity (Wildman–Crippen MR) is 249 cm³/mol. The van der Waals surface area contributed by atoms with Gasteiger partial charge in [0, 0.05) is 98.4 Å². The van der Waals surface area contributed by atoms with Gasteiger partial charge in [-0.05, 0) is 36.4 Å². The topological polar surface area (TPSA) is 58.6 Å². The second-order valence-corrected chi connectivity index (χ2v) is 19.4. The highest BCUT2D eigenvalue weighted by Gasteiger charge is 2.33. The zero-order chi connectivity index (χ0) is 38.3. The summed E-state index contributed by atoms with van der Waals surface area (Å²) in [5.74, 6) is 1.12. The number of fused-ring (bicyclic) bond motifs is 9. The average molecular weight is 834 g/mol. The minimum absolute atomic E-state index is 0.0498. The summed E-state index contributed by atoms with van der Waals surface area (Å²) >= 11 is 8.81. The summed E-state index contributed by atoms with van der Waals surface area (Å²) in [6.07, 6.45) is -0.544. The molecule has 0 aliphatic carbocycles.